The molecule has 0 spiro atoms. The van der Waals surface area contributed by atoms with Crippen molar-refractivity contribution in [2.75, 3.05) is 10.6 Å². The minimum absolute atomic E-state index is 0.0359. The second-order valence-electron chi connectivity index (χ2n) is 9.02. The van der Waals surface area contributed by atoms with E-state index in [-0.39, 0.29) is 18.2 Å². The van der Waals surface area contributed by atoms with Crippen LogP contribution in [0.4, 0.5) is 11.4 Å². The summed E-state index contributed by atoms with van der Waals surface area (Å²) in [7, 11) is 0. The third kappa shape index (κ3) is 7.15. The average Bonchev–Trinajstić information content (AvgIpc) is 2.78. The van der Waals surface area contributed by atoms with Crippen molar-refractivity contribution in [2.45, 2.75) is 38.8 Å². The Morgan fingerprint density at radius 1 is 1.03 bits per heavy atom. The number of carbonyl (C=O) groups is 2. The Labute approximate surface area is 204 Å². The van der Waals surface area contributed by atoms with Crippen molar-refractivity contribution >= 4 is 29.1 Å². The molecule has 8 heteroatoms. The predicted octanol–water partition coefficient (Wildman–Crippen LogP) is 3.88. The van der Waals surface area contributed by atoms with Crippen molar-refractivity contribution in [1.29, 1.82) is 5.41 Å². The number of nitrogen functional groups attached to an aromatic ring is 1. The van der Waals surface area contributed by atoms with Gasteiger partial charge in [-0.05, 0) is 67.8 Å². The van der Waals surface area contributed by atoms with Crippen LogP contribution in [0.25, 0.3) is 0 Å². The molecule has 8 nitrogen and oxygen atoms in total. The summed E-state index contributed by atoms with van der Waals surface area (Å²) < 4.78 is 0. The number of amides is 1. The number of carbonyl (C=O) groups excluding carboxylic acids is 1. The Bertz CT molecular complexity index is 1240. The number of nitrogens with two attached hydrogens (primary N) is 2. The van der Waals surface area contributed by atoms with Crippen molar-refractivity contribution in [1.82, 2.24) is 0 Å². The van der Waals surface area contributed by atoms with Crippen LogP contribution in [0.2, 0.25) is 0 Å². The quantitative estimate of drug-likeness (QED) is 0.194. The smallest absolute Gasteiger partial charge is 0.305 e. The van der Waals surface area contributed by atoms with E-state index in [1.54, 1.807) is 31.2 Å². The van der Waals surface area contributed by atoms with Gasteiger partial charge < -0.3 is 27.2 Å². The topological polar surface area (TPSA) is 154 Å². The number of hydrogen-bond acceptors (Lipinski definition) is 5. The maximum Gasteiger partial charge on any atom is 0.305 e. The van der Waals surface area contributed by atoms with Gasteiger partial charge in [0, 0.05) is 29.0 Å². The highest BCUT2D eigenvalue weighted by Gasteiger charge is 2.24. The van der Waals surface area contributed by atoms with Crippen LogP contribution in [0.5, 0.6) is 0 Å². The number of hydrogen-bond donors (Lipinski definition) is 6. The molecule has 0 aliphatic rings. The van der Waals surface area contributed by atoms with Gasteiger partial charge in [-0.1, -0.05) is 35.9 Å². The van der Waals surface area contributed by atoms with E-state index in [9.17, 15) is 9.59 Å². The number of nitrogens with one attached hydrogen (secondary N) is 3. The highest BCUT2D eigenvalue weighted by Crippen LogP contribution is 2.23. The van der Waals surface area contributed by atoms with E-state index in [4.69, 9.17) is 22.0 Å². The first-order valence-electron chi connectivity index (χ1n) is 11.2. The molecule has 0 aliphatic carbocycles. The largest absolute Gasteiger partial charge is 0.481 e. The number of anilines is 2. The second-order valence-corrected chi connectivity index (χ2v) is 9.02. The summed E-state index contributed by atoms with van der Waals surface area (Å²) >= 11 is 0. The molecule has 1 atom stereocenters. The van der Waals surface area contributed by atoms with Gasteiger partial charge in [-0.25, -0.2) is 0 Å². The molecule has 182 valence electrons. The van der Waals surface area contributed by atoms with Gasteiger partial charge in [0.25, 0.3) is 5.91 Å². The fourth-order valence-electron chi connectivity index (χ4n) is 3.87. The summed E-state index contributed by atoms with van der Waals surface area (Å²) in [4.78, 5) is 24.2. The Balaban J connectivity index is 1.77. The standard InChI is InChI=1S/C27H31N5O3/c1-17-7-12-23(22(13-17)26(35)32-21-10-8-18(9-11-21)25(28)29)31-16-20-6-4-3-5-19(20)14-27(2,30)15-24(33)34/h3-13,31H,14-16,30H2,1-2H3,(H3,28,29)(H,32,35)(H,33,34). The average molecular weight is 474 g/mol. The van der Waals surface area contributed by atoms with Crippen LogP contribution in [-0.2, 0) is 17.8 Å². The molecule has 0 aromatic heterocycles. The maximum absolute atomic E-state index is 13.1. The van der Waals surface area contributed by atoms with Crippen molar-refractivity contribution in [2.24, 2.45) is 11.5 Å². The minimum Gasteiger partial charge on any atom is -0.481 e. The zero-order chi connectivity index (χ0) is 25.6. The van der Waals surface area contributed by atoms with E-state index in [1.807, 2.05) is 49.4 Å². The van der Waals surface area contributed by atoms with Gasteiger partial charge in [0.15, 0.2) is 0 Å². The third-order valence-electron chi connectivity index (χ3n) is 5.61. The first-order valence-corrected chi connectivity index (χ1v) is 11.2. The summed E-state index contributed by atoms with van der Waals surface area (Å²) in [5.41, 5.74) is 16.1. The number of aryl methyl sites for hydroxylation is 1. The van der Waals surface area contributed by atoms with Crippen molar-refractivity contribution in [3.63, 3.8) is 0 Å². The summed E-state index contributed by atoms with van der Waals surface area (Å²) in [6.07, 6.45) is 0.277. The first-order chi connectivity index (χ1) is 16.5. The van der Waals surface area contributed by atoms with E-state index in [1.165, 1.54) is 0 Å². The molecule has 0 aliphatic heterocycles. The van der Waals surface area contributed by atoms with Gasteiger partial charge in [0.2, 0.25) is 0 Å². The Morgan fingerprint density at radius 3 is 2.31 bits per heavy atom. The predicted molar refractivity (Wildman–Crippen MR) is 139 cm³/mol. The highest BCUT2D eigenvalue weighted by atomic mass is 16.4. The number of benzene rings is 3. The van der Waals surface area contributed by atoms with Gasteiger partial charge in [0.05, 0.1) is 12.0 Å². The van der Waals surface area contributed by atoms with Crippen LogP contribution in [0.15, 0.2) is 66.7 Å². The molecule has 3 aromatic carbocycles. The third-order valence-corrected chi connectivity index (χ3v) is 5.61. The number of aliphatic carboxylic acids is 1. The van der Waals surface area contributed by atoms with Crippen LogP contribution < -0.4 is 22.1 Å². The van der Waals surface area contributed by atoms with Crippen LogP contribution in [0, 0.1) is 12.3 Å². The van der Waals surface area contributed by atoms with E-state index < -0.39 is 11.5 Å². The van der Waals surface area contributed by atoms with Gasteiger partial charge in [-0.3, -0.25) is 15.0 Å². The fourth-order valence-corrected chi connectivity index (χ4v) is 3.87. The van der Waals surface area contributed by atoms with Crippen LogP contribution in [0.3, 0.4) is 0 Å². The molecule has 8 N–H and O–H groups in total. The molecule has 3 aromatic rings. The molecular formula is C27H31N5O3. The molecular weight excluding hydrogens is 442 g/mol. The summed E-state index contributed by atoms with van der Waals surface area (Å²) in [5.74, 6) is -1.24. The van der Waals surface area contributed by atoms with Gasteiger partial charge in [0.1, 0.15) is 5.84 Å². The SMILES string of the molecule is Cc1ccc(NCc2ccccc2CC(C)(N)CC(=O)O)c(C(=O)Nc2ccc(C(=N)N)cc2)c1. The zero-order valence-electron chi connectivity index (χ0n) is 19.9. The zero-order valence-corrected chi connectivity index (χ0v) is 19.9. The molecule has 0 heterocycles. The molecule has 35 heavy (non-hydrogen) atoms. The van der Waals surface area contributed by atoms with E-state index in [0.29, 0.717) is 35.5 Å². The normalized spacial score (nSPS) is 12.4. The molecule has 3 rings (SSSR count). The number of carboxylic acid groups (broad SMARTS) is 1. The van der Waals surface area contributed by atoms with E-state index in [0.717, 1.165) is 16.7 Å². The molecule has 0 fully saturated rings. The second kappa shape index (κ2) is 10.8. The van der Waals surface area contributed by atoms with Gasteiger partial charge in [-0.2, -0.15) is 0 Å². The maximum atomic E-state index is 13.1. The number of carboxylic acids is 1. The van der Waals surface area contributed by atoms with Crippen LogP contribution in [-0.4, -0.2) is 28.4 Å². The van der Waals surface area contributed by atoms with Crippen LogP contribution in [0.1, 0.15) is 46.0 Å². The highest BCUT2D eigenvalue weighted by molar-refractivity contribution is 6.08. The lowest BCUT2D eigenvalue weighted by atomic mass is 9.88. The minimum atomic E-state index is -0.933. The lowest BCUT2D eigenvalue weighted by molar-refractivity contribution is -0.138. The molecule has 0 saturated carbocycles. The van der Waals surface area contributed by atoms with Crippen LogP contribution >= 0.6 is 0 Å². The summed E-state index contributed by atoms with van der Waals surface area (Å²) in [5, 5.41) is 22.9. The molecule has 1 amide bonds. The lowest BCUT2D eigenvalue weighted by Gasteiger charge is -2.24. The monoisotopic (exact) mass is 473 g/mol. The summed E-state index contributed by atoms with van der Waals surface area (Å²) in [6.45, 7) is 4.09. The Hall–Kier alpha value is -4.17. The molecule has 0 bridgehead atoms. The van der Waals surface area contributed by atoms with Gasteiger partial charge in [-0.15, -0.1) is 0 Å². The number of amidine groups is 1. The first kappa shape index (κ1) is 25.5. The van der Waals surface area contributed by atoms with Crippen molar-refractivity contribution in [3.05, 3.63) is 94.5 Å². The van der Waals surface area contributed by atoms with E-state index >= 15 is 0 Å². The lowest BCUT2D eigenvalue weighted by Crippen LogP contribution is -2.41. The number of rotatable bonds is 10. The van der Waals surface area contributed by atoms with Gasteiger partial charge >= 0.3 is 5.97 Å². The van der Waals surface area contributed by atoms with Crippen molar-refractivity contribution < 1.29 is 14.7 Å². The molecule has 0 saturated heterocycles. The molecule has 0 radical (unpaired) electrons. The molecule has 1 unspecified atom stereocenters. The summed E-state index contributed by atoms with van der Waals surface area (Å²) in [6, 6.07) is 20.1. The Morgan fingerprint density at radius 2 is 1.69 bits per heavy atom. The van der Waals surface area contributed by atoms with Crippen molar-refractivity contribution in [3.8, 4) is 0 Å². The Kier molecular flexibility index (Phi) is 7.88. The fraction of sp³-hybridized carbons (Fsp3) is 0.222. The van der Waals surface area contributed by atoms with E-state index in [2.05, 4.69) is 10.6 Å².